The average Bonchev–Trinajstić information content (AvgIpc) is 2.65. The highest BCUT2D eigenvalue weighted by Crippen LogP contribution is 2.32. The molecule has 3 aliphatic rings. The molecule has 22 heavy (non-hydrogen) atoms. The van der Waals surface area contributed by atoms with E-state index >= 15 is 0 Å². The number of imide groups is 1. The predicted octanol–water partition coefficient (Wildman–Crippen LogP) is 1.44. The van der Waals surface area contributed by atoms with Crippen LogP contribution in [0.2, 0.25) is 0 Å². The molecule has 0 unspecified atom stereocenters. The third-order valence-corrected chi connectivity index (χ3v) is 5.65. The number of rotatable bonds is 2. The summed E-state index contributed by atoms with van der Waals surface area (Å²) in [6.07, 6.45) is 12.4. The fourth-order valence-corrected chi connectivity index (χ4v) is 4.28. The molecular formula is C17H30N3O2+. The Morgan fingerprint density at radius 3 is 2.05 bits per heavy atom. The van der Waals surface area contributed by atoms with E-state index in [0.717, 1.165) is 38.8 Å². The van der Waals surface area contributed by atoms with Crippen LogP contribution in [-0.4, -0.2) is 42.1 Å². The SMILES string of the molecule is O=C1NC2(CCCCCC2)C(=O)N1C[NH+]1CCCCCCC1. The van der Waals surface area contributed by atoms with E-state index in [4.69, 9.17) is 0 Å². The van der Waals surface area contributed by atoms with Crippen molar-refractivity contribution in [1.82, 2.24) is 10.2 Å². The highest BCUT2D eigenvalue weighted by Gasteiger charge is 2.51. The Kier molecular flexibility index (Phi) is 5.01. The lowest BCUT2D eigenvalue weighted by Crippen LogP contribution is -3.13. The molecule has 0 atom stereocenters. The molecule has 3 rings (SSSR count). The third kappa shape index (κ3) is 3.29. The summed E-state index contributed by atoms with van der Waals surface area (Å²) in [5.74, 6) is 0.0500. The number of hydrogen-bond acceptors (Lipinski definition) is 2. The second-order valence-corrected chi connectivity index (χ2v) is 7.34. The van der Waals surface area contributed by atoms with Gasteiger partial charge in [-0.05, 0) is 38.5 Å². The van der Waals surface area contributed by atoms with Gasteiger partial charge in [-0.1, -0.05) is 32.1 Å². The molecule has 5 nitrogen and oxygen atoms in total. The van der Waals surface area contributed by atoms with Crippen molar-refractivity contribution in [2.75, 3.05) is 19.8 Å². The minimum atomic E-state index is -0.574. The summed E-state index contributed by atoms with van der Waals surface area (Å²) >= 11 is 0. The molecule has 1 aliphatic carbocycles. The summed E-state index contributed by atoms with van der Waals surface area (Å²) in [5, 5.41) is 3.05. The molecule has 124 valence electrons. The third-order valence-electron chi connectivity index (χ3n) is 5.65. The van der Waals surface area contributed by atoms with E-state index in [1.807, 2.05) is 0 Å². The van der Waals surface area contributed by atoms with Crippen LogP contribution in [0, 0.1) is 0 Å². The molecule has 1 spiro atoms. The van der Waals surface area contributed by atoms with E-state index < -0.39 is 5.54 Å². The number of nitrogens with one attached hydrogen (secondary N) is 2. The van der Waals surface area contributed by atoms with Crippen LogP contribution in [0.15, 0.2) is 0 Å². The largest absolute Gasteiger partial charge is 0.329 e. The molecule has 5 heteroatoms. The minimum absolute atomic E-state index is 0.0500. The number of carbonyl (C=O) groups is 2. The number of likely N-dealkylation sites (tertiary alicyclic amines) is 1. The molecule has 0 aromatic heterocycles. The van der Waals surface area contributed by atoms with Gasteiger partial charge in [0.05, 0.1) is 13.1 Å². The summed E-state index contributed by atoms with van der Waals surface area (Å²) in [6.45, 7) is 2.74. The Morgan fingerprint density at radius 1 is 0.864 bits per heavy atom. The number of urea groups is 1. The molecule has 3 fully saturated rings. The van der Waals surface area contributed by atoms with Crippen molar-refractivity contribution in [3.8, 4) is 0 Å². The first-order valence-electron chi connectivity index (χ1n) is 9.19. The van der Waals surface area contributed by atoms with Crippen molar-refractivity contribution >= 4 is 11.9 Å². The molecule has 2 aliphatic heterocycles. The van der Waals surface area contributed by atoms with Crippen LogP contribution in [0.3, 0.4) is 0 Å². The fraction of sp³-hybridized carbons (Fsp3) is 0.882. The molecule has 1 saturated carbocycles. The molecule has 0 radical (unpaired) electrons. The highest BCUT2D eigenvalue weighted by molar-refractivity contribution is 6.06. The van der Waals surface area contributed by atoms with Crippen molar-refractivity contribution in [2.24, 2.45) is 0 Å². The Labute approximate surface area is 133 Å². The first kappa shape index (κ1) is 15.8. The monoisotopic (exact) mass is 308 g/mol. The summed E-state index contributed by atoms with van der Waals surface area (Å²) in [5.41, 5.74) is -0.574. The molecule has 0 bridgehead atoms. The van der Waals surface area contributed by atoms with Gasteiger partial charge in [-0.2, -0.15) is 0 Å². The Hall–Kier alpha value is -1.10. The molecule has 0 aromatic carbocycles. The maximum atomic E-state index is 12.9. The van der Waals surface area contributed by atoms with E-state index in [2.05, 4.69) is 5.32 Å². The summed E-state index contributed by atoms with van der Waals surface area (Å²) in [7, 11) is 0. The lowest BCUT2D eigenvalue weighted by Gasteiger charge is -2.27. The number of hydrogen-bond donors (Lipinski definition) is 2. The van der Waals surface area contributed by atoms with E-state index in [9.17, 15) is 9.59 Å². The van der Waals surface area contributed by atoms with Gasteiger partial charge in [-0.3, -0.25) is 4.79 Å². The van der Waals surface area contributed by atoms with Gasteiger partial charge in [0.15, 0.2) is 6.67 Å². The first-order valence-corrected chi connectivity index (χ1v) is 9.19. The van der Waals surface area contributed by atoms with Gasteiger partial charge in [0.25, 0.3) is 5.91 Å². The van der Waals surface area contributed by atoms with Crippen molar-refractivity contribution in [3.05, 3.63) is 0 Å². The number of amides is 3. The quantitative estimate of drug-likeness (QED) is 0.759. The molecule has 2 heterocycles. The smallest absolute Gasteiger partial charge is 0.323 e. The second-order valence-electron chi connectivity index (χ2n) is 7.34. The van der Waals surface area contributed by atoms with Gasteiger partial charge < -0.3 is 10.2 Å². The molecule has 2 N–H and O–H groups in total. The zero-order chi connectivity index (χ0) is 15.4. The topological polar surface area (TPSA) is 53.9 Å². The molecule has 0 aromatic rings. The van der Waals surface area contributed by atoms with Crippen molar-refractivity contribution in [1.29, 1.82) is 0 Å². The van der Waals surface area contributed by atoms with Crippen molar-refractivity contribution in [3.63, 3.8) is 0 Å². The van der Waals surface area contributed by atoms with Crippen LogP contribution in [-0.2, 0) is 4.79 Å². The van der Waals surface area contributed by atoms with Crippen LogP contribution < -0.4 is 10.2 Å². The van der Waals surface area contributed by atoms with E-state index in [1.54, 1.807) is 0 Å². The number of nitrogens with zero attached hydrogens (tertiary/aromatic N) is 1. The maximum absolute atomic E-state index is 12.9. The number of carbonyl (C=O) groups excluding carboxylic acids is 2. The van der Waals surface area contributed by atoms with Gasteiger partial charge in [0, 0.05) is 0 Å². The van der Waals surface area contributed by atoms with Gasteiger partial charge in [0.1, 0.15) is 5.54 Å². The zero-order valence-electron chi connectivity index (χ0n) is 13.7. The van der Waals surface area contributed by atoms with Crippen LogP contribution >= 0.6 is 0 Å². The molecular weight excluding hydrogens is 278 g/mol. The number of quaternary nitrogens is 1. The van der Waals surface area contributed by atoms with Gasteiger partial charge in [0.2, 0.25) is 0 Å². The summed E-state index contributed by atoms with van der Waals surface area (Å²) in [6, 6.07) is -0.151. The van der Waals surface area contributed by atoms with Crippen LogP contribution in [0.1, 0.15) is 70.6 Å². The standard InChI is InChI=1S/C17H29N3O2/c21-15-17(10-6-2-3-7-11-17)18-16(22)20(15)14-19-12-8-4-1-5-9-13-19/h1-14H2,(H,18,22)/p+1. The minimum Gasteiger partial charge on any atom is -0.323 e. The van der Waals surface area contributed by atoms with Crippen molar-refractivity contribution in [2.45, 2.75) is 76.2 Å². The summed E-state index contributed by atoms with van der Waals surface area (Å²) < 4.78 is 0. The Morgan fingerprint density at radius 2 is 1.41 bits per heavy atom. The normalized spacial score (nSPS) is 27.4. The van der Waals surface area contributed by atoms with Gasteiger partial charge in [-0.15, -0.1) is 0 Å². The maximum Gasteiger partial charge on any atom is 0.329 e. The lowest BCUT2D eigenvalue weighted by molar-refractivity contribution is -0.908. The summed E-state index contributed by atoms with van der Waals surface area (Å²) in [4.78, 5) is 28.2. The highest BCUT2D eigenvalue weighted by atomic mass is 16.2. The molecule has 3 amide bonds. The first-order chi connectivity index (χ1) is 10.7. The molecule has 2 saturated heterocycles. The van der Waals surface area contributed by atoms with Crippen LogP contribution in [0.5, 0.6) is 0 Å². The Balaban J connectivity index is 1.65. The van der Waals surface area contributed by atoms with E-state index in [0.29, 0.717) is 6.67 Å². The van der Waals surface area contributed by atoms with E-state index in [-0.39, 0.29) is 11.9 Å². The lowest BCUT2D eigenvalue weighted by atomic mass is 9.90. The second kappa shape index (κ2) is 6.99. The van der Waals surface area contributed by atoms with Crippen LogP contribution in [0.4, 0.5) is 4.79 Å². The van der Waals surface area contributed by atoms with Crippen LogP contribution in [0.25, 0.3) is 0 Å². The fourth-order valence-electron chi connectivity index (χ4n) is 4.28. The van der Waals surface area contributed by atoms with Gasteiger partial charge in [-0.25, -0.2) is 9.69 Å². The van der Waals surface area contributed by atoms with Crippen molar-refractivity contribution < 1.29 is 14.5 Å². The predicted molar refractivity (Wildman–Crippen MR) is 84.5 cm³/mol. The zero-order valence-corrected chi connectivity index (χ0v) is 13.7. The van der Waals surface area contributed by atoms with E-state index in [1.165, 1.54) is 54.7 Å². The van der Waals surface area contributed by atoms with Gasteiger partial charge >= 0.3 is 6.03 Å². The Bertz CT molecular complexity index is 408. The average molecular weight is 308 g/mol.